The van der Waals surface area contributed by atoms with E-state index in [9.17, 15) is 0 Å². The van der Waals surface area contributed by atoms with E-state index in [0.29, 0.717) is 0 Å². The summed E-state index contributed by atoms with van der Waals surface area (Å²) in [6, 6.07) is 6.01. The number of rotatable bonds is 1. The molecule has 2 rings (SSSR count). The van der Waals surface area contributed by atoms with Crippen LogP contribution in [-0.4, -0.2) is 23.5 Å². The van der Waals surface area contributed by atoms with E-state index >= 15 is 0 Å². The van der Waals surface area contributed by atoms with Gasteiger partial charge in [0, 0.05) is 25.5 Å². The fourth-order valence-corrected chi connectivity index (χ4v) is 1.65. The molecule has 2 heteroatoms. The molecular weight excluding hydrogens is 160 g/mol. The molecule has 0 radical (unpaired) electrons. The number of hydrogen-bond donors (Lipinski definition) is 0. The number of pyridine rings is 1. The number of likely N-dealkylation sites (tertiary alicyclic amines) is 1. The zero-order valence-corrected chi connectivity index (χ0v) is 7.90. The molecule has 0 spiro atoms. The molecule has 1 aliphatic heterocycles. The molecule has 1 saturated heterocycles. The van der Waals surface area contributed by atoms with Crippen molar-refractivity contribution < 1.29 is 0 Å². The second-order valence-corrected chi connectivity index (χ2v) is 3.42. The van der Waals surface area contributed by atoms with Crippen molar-refractivity contribution in [3.05, 3.63) is 35.8 Å². The predicted molar refractivity (Wildman–Crippen MR) is 54.1 cm³/mol. The third kappa shape index (κ3) is 1.89. The maximum atomic E-state index is 4.27. The van der Waals surface area contributed by atoms with Crippen LogP contribution in [0.25, 0.3) is 6.08 Å². The molecule has 0 bridgehead atoms. The lowest BCUT2D eigenvalue weighted by Crippen LogP contribution is -2.09. The Morgan fingerprint density at radius 1 is 1.46 bits per heavy atom. The van der Waals surface area contributed by atoms with Gasteiger partial charge in [-0.2, -0.15) is 0 Å². The molecule has 1 aliphatic rings. The molecular formula is C11H14N2. The third-order valence-corrected chi connectivity index (χ3v) is 2.42. The van der Waals surface area contributed by atoms with Crippen LogP contribution in [0.3, 0.4) is 0 Å². The lowest BCUT2D eigenvalue weighted by atomic mass is 10.2. The molecule has 0 N–H and O–H groups in total. The molecule has 2 heterocycles. The number of allylic oxidation sites excluding steroid dienone is 1. The summed E-state index contributed by atoms with van der Waals surface area (Å²) in [7, 11) is 2.14. The van der Waals surface area contributed by atoms with Crippen molar-refractivity contribution in [3.8, 4) is 0 Å². The largest absolute Gasteiger partial charge is 0.378 e. The van der Waals surface area contributed by atoms with E-state index in [4.69, 9.17) is 0 Å². The van der Waals surface area contributed by atoms with Gasteiger partial charge in [-0.15, -0.1) is 0 Å². The highest BCUT2D eigenvalue weighted by Crippen LogP contribution is 2.20. The van der Waals surface area contributed by atoms with Crippen LogP contribution in [0.15, 0.2) is 30.1 Å². The maximum absolute atomic E-state index is 4.27. The number of nitrogens with zero attached hydrogens (tertiary/aromatic N) is 2. The van der Waals surface area contributed by atoms with Gasteiger partial charge < -0.3 is 4.90 Å². The van der Waals surface area contributed by atoms with Crippen LogP contribution in [0.5, 0.6) is 0 Å². The minimum Gasteiger partial charge on any atom is -0.378 e. The molecule has 0 amide bonds. The molecule has 13 heavy (non-hydrogen) atoms. The van der Waals surface area contributed by atoms with Crippen LogP contribution >= 0.6 is 0 Å². The monoisotopic (exact) mass is 174 g/mol. The second-order valence-electron chi connectivity index (χ2n) is 3.42. The van der Waals surface area contributed by atoms with Gasteiger partial charge in [-0.25, -0.2) is 0 Å². The fourth-order valence-electron chi connectivity index (χ4n) is 1.65. The summed E-state index contributed by atoms with van der Waals surface area (Å²) in [5, 5.41) is 0. The fraction of sp³-hybridized carbons (Fsp3) is 0.364. The van der Waals surface area contributed by atoms with E-state index in [1.54, 1.807) is 0 Å². The van der Waals surface area contributed by atoms with Crippen LogP contribution in [0.1, 0.15) is 18.5 Å². The molecule has 1 aromatic rings. The average Bonchev–Trinajstić information content (AvgIpc) is 2.54. The summed E-state index contributed by atoms with van der Waals surface area (Å²) in [5.41, 5.74) is 2.46. The Bertz CT molecular complexity index is 303. The lowest BCUT2D eigenvalue weighted by molar-refractivity contribution is 0.484. The quantitative estimate of drug-likeness (QED) is 0.648. The van der Waals surface area contributed by atoms with Gasteiger partial charge in [0.1, 0.15) is 0 Å². The van der Waals surface area contributed by atoms with Crippen LogP contribution in [0, 0.1) is 0 Å². The first kappa shape index (κ1) is 8.30. The van der Waals surface area contributed by atoms with Crippen molar-refractivity contribution >= 4 is 6.08 Å². The first-order chi connectivity index (χ1) is 6.36. The van der Waals surface area contributed by atoms with Crippen LogP contribution in [-0.2, 0) is 0 Å². The minimum absolute atomic E-state index is 1.06. The van der Waals surface area contributed by atoms with Crippen LogP contribution < -0.4 is 0 Å². The van der Waals surface area contributed by atoms with Gasteiger partial charge in [0.2, 0.25) is 0 Å². The molecule has 0 aromatic carbocycles. The van der Waals surface area contributed by atoms with Gasteiger partial charge in [0.25, 0.3) is 0 Å². The van der Waals surface area contributed by atoms with E-state index in [2.05, 4.69) is 23.0 Å². The molecule has 1 aromatic heterocycles. The van der Waals surface area contributed by atoms with Gasteiger partial charge in [-0.3, -0.25) is 4.98 Å². The summed E-state index contributed by atoms with van der Waals surface area (Å²) < 4.78 is 0. The van der Waals surface area contributed by atoms with Crippen molar-refractivity contribution in [2.75, 3.05) is 13.6 Å². The van der Waals surface area contributed by atoms with Crippen molar-refractivity contribution in [3.63, 3.8) is 0 Å². The highest BCUT2D eigenvalue weighted by Gasteiger charge is 2.11. The van der Waals surface area contributed by atoms with E-state index < -0.39 is 0 Å². The topological polar surface area (TPSA) is 16.1 Å². The minimum atomic E-state index is 1.06. The zero-order chi connectivity index (χ0) is 9.10. The Kier molecular flexibility index (Phi) is 2.30. The van der Waals surface area contributed by atoms with Gasteiger partial charge in [-0.1, -0.05) is 6.07 Å². The van der Waals surface area contributed by atoms with Gasteiger partial charge in [0.15, 0.2) is 0 Å². The molecule has 0 aliphatic carbocycles. The molecule has 68 valence electrons. The van der Waals surface area contributed by atoms with E-state index in [0.717, 1.165) is 5.69 Å². The second kappa shape index (κ2) is 3.60. The predicted octanol–water partition coefficient (Wildman–Crippen LogP) is 2.15. The third-order valence-electron chi connectivity index (χ3n) is 2.42. The highest BCUT2D eigenvalue weighted by atomic mass is 15.1. The standard InChI is InChI=1S/C11H14N2/c1-13-8-4-6-11(13)9-10-5-2-3-7-12-10/h2-3,5,7,9H,4,6,8H2,1H3/b11-9-. The summed E-state index contributed by atoms with van der Waals surface area (Å²) in [4.78, 5) is 6.57. The summed E-state index contributed by atoms with van der Waals surface area (Å²) in [5.74, 6) is 0. The Morgan fingerprint density at radius 2 is 2.38 bits per heavy atom. The smallest absolute Gasteiger partial charge is 0.0646 e. The summed E-state index contributed by atoms with van der Waals surface area (Å²) in [6.07, 6.45) is 6.47. The van der Waals surface area contributed by atoms with Crippen LogP contribution in [0.2, 0.25) is 0 Å². The van der Waals surface area contributed by atoms with Gasteiger partial charge in [-0.05, 0) is 31.1 Å². The van der Waals surface area contributed by atoms with Crippen molar-refractivity contribution in [2.45, 2.75) is 12.8 Å². The molecule has 2 nitrogen and oxygen atoms in total. The molecule has 0 atom stereocenters. The Balaban J connectivity index is 2.20. The zero-order valence-electron chi connectivity index (χ0n) is 7.90. The summed E-state index contributed by atoms with van der Waals surface area (Å²) >= 11 is 0. The first-order valence-electron chi connectivity index (χ1n) is 4.69. The molecule has 0 saturated carbocycles. The normalized spacial score (nSPS) is 19.8. The van der Waals surface area contributed by atoms with E-state index in [1.165, 1.54) is 25.1 Å². The maximum Gasteiger partial charge on any atom is 0.0646 e. The van der Waals surface area contributed by atoms with Crippen molar-refractivity contribution in [1.82, 2.24) is 9.88 Å². The van der Waals surface area contributed by atoms with Gasteiger partial charge >= 0.3 is 0 Å². The number of hydrogen-bond acceptors (Lipinski definition) is 2. The van der Waals surface area contributed by atoms with Crippen LogP contribution in [0.4, 0.5) is 0 Å². The van der Waals surface area contributed by atoms with E-state index in [-0.39, 0.29) is 0 Å². The van der Waals surface area contributed by atoms with Crippen molar-refractivity contribution in [2.24, 2.45) is 0 Å². The Morgan fingerprint density at radius 3 is 3.00 bits per heavy atom. The Hall–Kier alpha value is -1.31. The molecule has 1 fully saturated rings. The average molecular weight is 174 g/mol. The number of aromatic nitrogens is 1. The molecule has 0 unspecified atom stereocenters. The highest BCUT2D eigenvalue weighted by molar-refractivity contribution is 5.48. The van der Waals surface area contributed by atoms with Crippen molar-refractivity contribution in [1.29, 1.82) is 0 Å². The van der Waals surface area contributed by atoms with E-state index in [1.807, 2.05) is 24.4 Å². The SMILES string of the molecule is CN1CCC/C1=C/c1ccccn1. The lowest BCUT2D eigenvalue weighted by Gasteiger charge is -2.11. The summed E-state index contributed by atoms with van der Waals surface area (Å²) in [6.45, 7) is 1.18. The van der Waals surface area contributed by atoms with Gasteiger partial charge in [0.05, 0.1) is 5.69 Å². The first-order valence-corrected chi connectivity index (χ1v) is 4.69. The Labute approximate surface area is 78.9 Å².